The lowest BCUT2D eigenvalue weighted by Crippen LogP contribution is -2.22. The average molecular weight is 289 g/mol. The van der Waals surface area contributed by atoms with Gasteiger partial charge in [0, 0.05) is 11.8 Å². The maximum atomic E-state index is 9.62. The van der Waals surface area contributed by atoms with Crippen molar-refractivity contribution in [2.24, 2.45) is 0 Å². The van der Waals surface area contributed by atoms with Gasteiger partial charge in [-0.25, -0.2) is 0 Å². The molecule has 0 radical (unpaired) electrons. The van der Waals surface area contributed by atoms with Crippen LogP contribution in [0.3, 0.4) is 0 Å². The Morgan fingerprint density at radius 3 is 2.11 bits per heavy atom. The number of aromatic hydroxyl groups is 1. The first kappa shape index (κ1) is 15.7. The number of phenols is 1. The van der Waals surface area contributed by atoms with Gasteiger partial charge in [0.2, 0.25) is 0 Å². The normalized spacial score (nSPS) is 11.8. The first-order valence-electron chi connectivity index (χ1n) is 6.45. The third-order valence-electron chi connectivity index (χ3n) is 3.62. The van der Waals surface area contributed by atoms with E-state index in [9.17, 15) is 5.11 Å². The molecule has 0 fully saturated rings. The first-order valence-corrected chi connectivity index (χ1v) is 7.52. The van der Waals surface area contributed by atoms with E-state index < -0.39 is 0 Å². The van der Waals surface area contributed by atoms with Gasteiger partial charge in [-0.05, 0) is 55.2 Å². The van der Waals surface area contributed by atoms with Crippen LogP contribution in [0.25, 0.3) is 0 Å². The maximum Gasteiger partial charge on any atom is 0.118 e. The zero-order valence-corrected chi connectivity index (χ0v) is 12.7. The molecule has 0 saturated heterocycles. The van der Waals surface area contributed by atoms with Crippen molar-refractivity contribution in [3.8, 4) is 5.75 Å². The van der Waals surface area contributed by atoms with Crippen LogP contribution in [0.1, 0.15) is 43.7 Å². The lowest BCUT2D eigenvalue weighted by atomic mass is 9.75. The number of phenolic OH excluding ortho intramolecular Hbond substituents is 1. The SMILES string of the molecule is Cc1cc(C(C)(CCCCl)CCCCl)ccc1O. The third-order valence-corrected chi connectivity index (χ3v) is 4.15. The Morgan fingerprint density at radius 1 is 1.11 bits per heavy atom. The van der Waals surface area contributed by atoms with Gasteiger partial charge in [0.1, 0.15) is 5.75 Å². The molecule has 0 aliphatic carbocycles. The molecule has 1 aromatic rings. The molecule has 18 heavy (non-hydrogen) atoms. The highest BCUT2D eigenvalue weighted by Crippen LogP contribution is 2.36. The van der Waals surface area contributed by atoms with Gasteiger partial charge in [-0.3, -0.25) is 0 Å². The third kappa shape index (κ3) is 4.07. The second-order valence-corrected chi connectivity index (χ2v) is 5.90. The lowest BCUT2D eigenvalue weighted by Gasteiger charge is -2.30. The molecular formula is C15H22Cl2O. The summed E-state index contributed by atoms with van der Waals surface area (Å²) >= 11 is 11.6. The van der Waals surface area contributed by atoms with Crippen LogP contribution >= 0.6 is 23.2 Å². The Hall–Kier alpha value is -0.400. The zero-order chi connectivity index (χ0) is 13.6. The molecule has 1 rings (SSSR count). The summed E-state index contributed by atoms with van der Waals surface area (Å²) < 4.78 is 0. The molecule has 0 amide bonds. The smallest absolute Gasteiger partial charge is 0.118 e. The Morgan fingerprint density at radius 2 is 1.67 bits per heavy atom. The average Bonchev–Trinajstić information content (AvgIpc) is 2.37. The summed E-state index contributed by atoms with van der Waals surface area (Å²) in [6.45, 7) is 4.19. The monoisotopic (exact) mass is 288 g/mol. The van der Waals surface area contributed by atoms with Crippen LogP contribution in [0, 0.1) is 6.92 Å². The van der Waals surface area contributed by atoms with Gasteiger partial charge in [0.25, 0.3) is 0 Å². The fourth-order valence-electron chi connectivity index (χ4n) is 2.36. The molecule has 0 atom stereocenters. The highest BCUT2D eigenvalue weighted by Gasteiger charge is 2.26. The number of hydrogen-bond acceptors (Lipinski definition) is 1. The number of halogens is 2. The minimum Gasteiger partial charge on any atom is -0.508 e. The van der Waals surface area contributed by atoms with Crippen molar-refractivity contribution >= 4 is 23.2 Å². The molecule has 0 unspecified atom stereocenters. The summed E-state index contributed by atoms with van der Waals surface area (Å²) in [5.74, 6) is 1.73. The quantitative estimate of drug-likeness (QED) is 0.701. The molecule has 102 valence electrons. The lowest BCUT2D eigenvalue weighted by molar-refractivity contribution is 0.392. The van der Waals surface area contributed by atoms with Crippen LogP contribution in [0.15, 0.2) is 18.2 Å². The Balaban J connectivity index is 2.96. The van der Waals surface area contributed by atoms with Crippen LogP contribution in [-0.2, 0) is 5.41 Å². The Kier molecular flexibility index (Phi) is 6.31. The van der Waals surface area contributed by atoms with E-state index in [2.05, 4.69) is 13.0 Å². The molecule has 0 aliphatic rings. The molecule has 0 saturated carbocycles. The Bertz CT molecular complexity index is 369. The predicted octanol–water partition coefficient (Wildman–Crippen LogP) is 5.00. The van der Waals surface area contributed by atoms with Crippen LogP contribution in [0.2, 0.25) is 0 Å². The molecule has 0 aliphatic heterocycles. The number of hydrogen-bond donors (Lipinski definition) is 1. The topological polar surface area (TPSA) is 20.2 Å². The number of benzene rings is 1. The standard InChI is InChI=1S/C15H22Cl2O/c1-12-11-13(5-6-14(12)18)15(2,7-3-9-16)8-4-10-17/h5-6,11,18H,3-4,7-10H2,1-2H3. The van der Waals surface area contributed by atoms with E-state index in [4.69, 9.17) is 23.2 Å². The van der Waals surface area contributed by atoms with Crippen LogP contribution in [0.5, 0.6) is 5.75 Å². The van der Waals surface area contributed by atoms with E-state index in [1.165, 1.54) is 5.56 Å². The van der Waals surface area contributed by atoms with Crippen molar-refractivity contribution in [3.05, 3.63) is 29.3 Å². The van der Waals surface area contributed by atoms with Gasteiger partial charge in [0.15, 0.2) is 0 Å². The van der Waals surface area contributed by atoms with Crippen LogP contribution < -0.4 is 0 Å². The number of rotatable bonds is 7. The van der Waals surface area contributed by atoms with E-state index in [0.29, 0.717) is 17.5 Å². The van der Waals surface area contributed by atoms with Crippen molar-refractivity contribution in [1.29, 1.82) is 0 Å². The summed E-state index contributed by atoms with van der Waals surface area (Å²) in [5.41, 5.74) is 2.30. The number of alkyl halides is 2. The van der Waals surface area contributed by atoms with E-state index in [1.807, 2.05) is 13.0 Å². The van der Waals surface area contributed by atoms with Gasteiger partial charge in [-0.1, -0.05) is 19.1 Å². The van der Waals surface area contributed by atoms with Crippen LogP contribution in [-0.4, -0.2) is 16.9 Å². The fourth-order valence-corrected chi connectivity index (χ4v) is 2.63. The minimum absolute atomic E-state index is 0.0994. The Labute approximate surface area is 120 Å². The summed E-state index contributed by atoms with van der Waals surface area (Å²) in [7, 11) is 0. The zero-order valence-electron chi connectivity index (χ0n) is 11.2. The summed E-state index contributed by atoms with van der Waals surface area (Å²) in [6, 6.07) is 5.88. The summed E-state index contributed by atoms with van der Waals surface area (Å²) in [5, 5.41) is 9.62. The predicted molar refractivity (Wildman–Crippen MR) is 80.1 cm³/mol. The first-order chi connectivity index (χ1) is 8.53. The number of aryl methyl sites for hydroxylation is 1. The molecule has 0 bridgehead atoms. The van der Waals surface area contributed by atoms with Crippen LogP contribution in [0.4, 0.5) is 0 Å². The molecule has 1 nitrogen and oxygen atoms in total. The second kappa shape index (κ2) is 7.25. The van der Waals surface area contributed by atoms with Crippen molar-refractivity contribution in [1.82, 2.24) is 0 Å². The molecule has 0 heterocycles. The van der Waals surface area contributed by atoms with Gasteiger partial charge >= 0.3 is 0 Å². The summed E-state index contributed by atoms with van der Waals surface area (Å²) in [4.78, 5) is 0. The second-order valence-electron chi connectivity index (χ2n) is 5.15. The highest BCUT2D eigenvalue weighted by atomic mass is 35.5. The maximum absolute atomic E-state index is 9.62. The van der Waals surface area contributed by atoms with Gasteiger partial charge in [-0.15, -0.1) is 23.2 Å². The molecule has 3 heteroatoms. The van der Waals surface area contributed by atoms with Gasteiger partial charge in [0.05, 0.1) is 0 Å². The molecule has 1 aromatic carbocycles. The molecule has 0 aromatic heterocycles. The molecule has 0 spiro atoms. The van der Waals surface area contributed by atoms with Crippen molar-refractivity contribution < 1.29 is 5.11 Å². The van der Waals surface area contributed by atoms with Gasteiger partial charge in [-0.2, -0.15) is 0 Å². The van der Waals surface area contributed by atoms with Crippen molar-refractivity contribution in [2.75, 3.05) is 11.8 Å². The summed E-state index contributed by atoms with van der Waals surface area (Å²) in [6.07, 6.45) is 4.11. The van der Waals surface area contributed by atoms with E-state index in [0.717, 1.165) is 31.2 Å². The van der Waals surface area contributed by atoms with E-state index >= 15 is 0 Å². The van der Waals surface area contributed by atoms with E-state index in [1.54, 1.807) is 6.07 Å². The minimum atomic E-state index is 0.0994. The largest absolute Gasteiger partial charge is 0.508 e. The fraction of sp³-hybridized carbons (Fsp3) is 0.600. The molecular weight excluding hydrogens is 267 g/mol. The highest BCUT2D eigenvalue weighted by molar-refractivity contribution is 6.18. The van der Waals surface area contributed by atoms with Crippen molar-refractivity contribution in [3.63, 3.8) is 0 Å². The molecule has 1 N–H and O–H groups in total. The van der Waals surface area contributed by atoms with Gasteiger partial charge < -0.3 is 5.11 Å². The van der Waals surface area contributed by atoms with E-state index in [-0.39, 0.29) is 5.41 Å². The van der Waals surface area contributed by atoms with Crippen molar-refractivity contribution in [2.45, 2.75) is 44.9 Å².